The van der Waals surface area contributed by atoms with Crippen molar-refractivity contribution < 1.29 is 14.6 Å². The van der Waals surface area contributed by atoms with Crippen molar-refractivity contribution in [3.8, 4) is 0 Å². The highest BCUT2D eigenvalue weighted by Crippen LogP contribution is 2.20. The molecule has 4 heteroatoms. The Bertz CT molecular complexity index is 212. The zero-order valence-electron chi connectivity index (χ0n) is 10.3. The first-order chi connectivity index (χ1) is 7.69. The number of carboxylic acid groups (broad SMARTS) is 1. The van der Waals surface area contributed by atoms with Crippen molar-refractivity contribution in [3.05, 3.63) is 0 Å². The number of hydrogen-bond acceptors (Lipinski definition) is 3. The summed E-state index contributed by atoms with van der Waals surface area (Å²) in [6, 6.07) is -0.298. The summed E-state index contributed by atoms with van der Waals surface area (Å²) < 4.78 is 5.41. The van der Waals surface area contributed by atoms with Crippen molar-refractivity contribution in [1.29, 1.82) is 0 Å². The van der Waals surface area contributed by atoms with Crippen LogP contribution in [0.1, 0.15) is 33.1 Å². The van der Waals surface area contributed by atoms with Crippen molar-refractivity contribution in [2.24, 2.45) is 5.92 Å². The molecule has 0 unspecified atom stereocenters. The first kappa shape index (κ1) is 13.5. The molecule has 1 heterocycles. The Morgan fingerprint density at radius 3 is 2.50 bits per heavy atom. The highest BCUT2D eigenvalue weighted by Gasteiger charge is 2.28. The van der Waals surface area contributed by atoms with Gasteiger partial charge in [0.05, 0.1) is 0 Å². The van der Waals surface area contributed by atoms with E-state index in [1.807, 2.05) is 13.8 Å². The minimum Gasteiger partial charge on any atom is -0.480 e. The Kier molecular flexibility index (Phi) is 5.77. The highest BCUT2D eigenvalue weighted by molar-refractivity contribution is 5.73. The fraction of sp³-hybridized carbons (Fsp3) is 0.917. The number of likely N-dealkylation sites (tertiary alicyclic amines) is 1. The van der Waals surface area contributed by atoms with Crippen LogP contribution in [0, 0.1) is 5.92 Å². The number of nitrogens with zero attached hydrogens (tertiary/aromatic N) is 1. The molecule has 0 aromatic heterocycles. The zero-order chi connectivity index (χ0) is 12.0. The standard InChI is InChI=1S/C12H23NO3/c1-3-11(12(14)15)13-7-5-10(6-8-13)9-16-4-2/h10-11H,3-9H2,1-2H3,(H,14,15)/t11-/m1/s1. The largest absolute Gasteiger partial charge is 0.480 e. The third kappa shape index (κ3) is 3.76. The number of carbonyl (C=O) groups is 1. The Hall–Kier alpha value is -0.610. The molecule has 0 amide bonds. The molecule has 16 heavy (non-hydrogen) atoms. The first-order valence-electron chi connectivity index (χ1n) is 6.23. The average Bonchev–Trinajstić information content (AvgIpc) is 2.28. The van der Waals surface area contributed by atoms with Crippen molar-refractivity contribution in [3.63, 3.8) is 0 Å². The van der Waals surface area contributed by atoms with E-state index in [-0.39, 0.29) is 6.04 Å². The van der Waals surface area contributed by atoms with Gasteiger partial charge in [0.2, 0.25) is 0 Å². The molecule has 94 valence electrons. The van der Waals surface area contributed by atoms with Gasteiger partial charge in [-0.05, 0) is 45.2 Å². The van der Waals surface area contributed by atoms with Gasteiger partial charge in [0.25, 0.3) is 0 Å². The van der Waals surface area contributed by atoms with Crippen LogP contribution in [0.25, 0.3) is 0 Å². The van der Waals surface area contributed by atoms with Crippen LogP contribution in [0.4, 0.5) is 0 Å². The summed E-state index contributed by atoms with van der Waals surface area (Å²) >= 11 is 0. The topological polar surface area (TPSA) is 49.8 Å². The first-order valence-corrected chi connectivity index (χ1v) is 6.23. The van der Waals surface area contributed by atoms with Crippen molar-refractivity contribution in [1.82, 2.24) is 4.90 Å². The van der Waals surface area contributed by atoms with Crippen LogP contribution >= 0.6 is 0 Å². The average molecular weight is 229 g/mol. The maximum Gasteiger partial charge on any atom is 0.320 e. The summed E-state index contributed by atoms with van der Waals surface area (Å²) in [5, 5.41) is 9.07. The summed E-state index contributed by atoms with van der Waals surface area (Å²) in [7, 11) is 0. The summed E-state index contributed by atoms with van der Waals surface area (Å²) in [6.07, 6.45) is 2.80. The van der Waals surface area contributed by atoms with Gasteiger partial charge in [-0.25, -0.2) is 0 Å². The smallest absolute Gasteiger partial charge is 0.320 e. The second kappa shape index (κ2) is 6.86. The molecule has 1 fully saturated rings. The van der Waals surface area contributed by atoms with E-state index in [1.165, 1.54) is 0 Å². The molecular formula is C12H23NO3. The molecule has 0 aliphatic carbocycles. The fourth-order valence-electron chi connectivity index (χ4n) is 2.30. The van der Waals surface area contributed by atoms with Crippen LogP contribution < -0.4 is 0 Å². The second-order valence-corrected chi connectivity index (χ2v) is 4.40. The summed E-state index contributed by atoms with van der Waals surface area (Å²) in [4.78, 5) is 13.1. The van der Waals surface area contributed by atoms with Crippen LogP contribution in [0.15, 0.2) is 0 Å². The second-order valence-electron chi connectivity index (χ2n) is 4.40. The van der Waals surface area contributed by atoms with E-state index in [4.69, 9.17) is 9.84 Å². The molecule has 0 bridgehead atoms. The van der Waals surface area contributed by atoms with Gasteiger partial charge < -0.3 is 9.84 Å². The Morgan fingerprint density at radius 2 is 2.06 bits per heavy atom. The Balaban J connectivity index is 2.33. The summed E-state index contributed by atoms with van der Waals surface area (Å²) in [5.41, 5.74) is 0. The summed E-state index contributed by atoms with van der Waals surface area (Å²) in [5.74, 6) is -0.0757. The lowest BCUT2D eigenvalue weighted by Gasteiger charge is -2.35. The lowest BCUT2D eigenvalue weighted by Crippen LogP contribution is -2.45. The van der Waals surface area contributed by atoms with Gasteiger partial charge in [0.15, 0.2) is 0 Å². The maximum atomic E-state index is 11.0. The van der Waals surface area contributed by atoms with E-state index >= 15 is 0 Å². The molecule has 0 saturated carbocycles. The van der Waals surface area contributed by atoms with Crippen molar-refractivity contribution >= 4 is 5.97 Å². The number of piperidine rings is 1. The fourth-order valence-corrected chi connectivity index (χ4v) is 2.30. The van der Waals surface area contributed by atoms with Gasteiger partial charge in [-0.3, -0.25) is 9.69 Å². The van der Waals surface area contributed by atoms with E-state index in [0.717, 1.165) is 39.1 Å². The van der Waals surface area contributed by atoms with Gasteiger partial charge in [-0.1, -0.05) is 6.92 Å². The molecule has 1 aliphatic heterocycles. The molecule has 1 saturated heterocycles. The molecule has 1 atom stereocenters. The minimum atomic E-state index is -0.689. The molecule has 1 aliphatic rings. The third-order valence-corrected chi connectivity index (χ3v) is 3.32. The highest BCUT2D eigenvalue weighted by atomic mass is 16.5. The van der Waals surface area contributed by atoms with Gasteiger partial charge in [0.1, 0.15) is 6.04 Å². The Labute approximate surface area is 97.6 Å². The van der Waals surface area contributed by atoms with Crippen LogP contribution in [-0.4, -0.2) is 48.3 Å². The lowest BCUT2D eigenvalue weighted by atomic mass is 9.96. The van der Waals surface area contributed by atoms with E-state index in [0.29, 0.717) is 12.3 Å². The van der Waals surface area contributed by atoms with Gasteiger partial charge in [-0.15, -0.1) is 0 Å². The third-order valence-electron chi connectivity index (χ3n) is 3.32. The van der Waals surface area contributed by atoms with Crippen LogP contribution in [0.5, 0.6) is 0 Å². The number of aliphatic carboxylic acids is 1. The van der Waals surface area contributed by atoms with Crippen molar-refractivity contribution in [2.45, 2.75) is 39.2 Å². The van der Waals surface area contributed by atoms with Gasteiger partial charge >= 0.3 is 5.97 Å². The maximum absolute atomic E-state index is 11.0. The molecule has 1 N–H and O–H groups in total. The number of ether oxygens (including phenoxy) is 1. The number of carboxylic acids is 1. The number of hydrogen-bond donors (Lipinski definition) is 1. The minimum absolute atomic E-state index is 0.298. The summed E-state index contributed by atoms with van der Waals surface area (Å²) in [6.45, 7) is 7.32. The molecule has 4 nitrogen and oxygen atoms in total. The number of rotatable bonds is 6. The van der Waals surface area contributed by atoms with E-state index in [1.54, 1.807) is 0 Å². The molecule has 0 aromatic rings. The molecule has 1 rings (SSSR count). The molecule has 0 spiro atoms. The Morgan fingerprint density at radius 1 is 1.44 bits per heavy atom. The predicted molar refractivity (Wildman–Crippen MR) is 62.5 cm³/mol. The van der Waals surface area contributed by atoms with E-state index < -0.39 is 5.97 Å². The van der Waals surface area contributed by atoms with Crippen LogP contribution in [-0.2, 0) is 9.53 Å². The van der Waals surface area contributed by atoms with Crippen LogP contribution in [0.2, 0.25) is 0 Å². The monoisotopic (exact) mass is 229 g/mol. The van der Waals surface area contributed by atoms with E-state index in [2.05, 4.69) is 4.90 Å². The van der Waals surface area contributed by atoms with Crippen molar-refractivity contribution in [2.75, 3.05) is 26.3 Å². The van der Waals surface area contributed by atoms with E-state index in [9.17, 15) is 4.79 Å². The normalized spacial score (nSPS) is 20.9. The predicted octanol–water partition coefficient (Wildman–Crippen LogP) is 1.60. The SMILES string of the molecule is CCOCC1CCN([C@H](CC)C(=O)O)CC1. The lowest BCUT2D eigenvalue weighted by molar-refractivity contribution is -0.144. The zero-order valence-corrected chi connectivity index (χ0v) is 10.3. The quantitative estimate of drug-likeness (QED) is 0.751. The molecule has 0 aromatic carbocycles. The van der Waals surface area contributed by atoms with Gasteiger partial charge in [0, 0.05) is 13.2 Å². The molecular weight excluding hydrogens is 206 g/mol. The molecule has 0 radical (unpaired) electrons. The van der Waals surface area contributed by atoms with Gasteiger partial charge in [-0.2, -0.15) is 0 Å². The van der Waals surface area contributed by atoms with Crippen LogP contribution in [0.3, 0.4) is 0 Å².